The third-order valence-electron chi connectivity index (χ3n) is 6.34. The molecule has 0 aromatic heterocycles. The maximum Gasteiger partial charge on any atom is 0.338 e. The summed E-state index contributed by atoms with van der Waals surface area (Å²) in [6.07, 6.45) is 3.63. The predicted octanol–water partition coefficient (Wildman–Crippen LogP) is 5.52. The van der Waals surface area contributed by atoms with Gasteiger partial charge in [0.1, 0.15) is 5.75 Å². The van der Waals surface area contributed by atoms with Crippen LogP contribution in [0.15, 0.2) is 84.9 Å². The summed E-state index contributed by atoms with van der Waals surface area (Å²) in [4.78, 5) is 12.6. The van der Waals surface area contributed by atoms with E-state index in [0.29, 0.717) is 12.2 Å². The van der Waals surface area contributed by atoms with Crippen LogP contribution in [0.25, 0.3) is 5.57 Å². The quantitative estimate of drug-likeness (QED) is 0.362. The summed E-state index contributed by atoms with van der Waals surface area (Å²) in [5.74, 6) is 0.609. The van der Waals surface area contributed by atoms with Gasteiger partial charge in [0.2, 0.25) is 0 Å². The largest absolute Gasteiger partial charge is 0.534 e. The van der Waals surface area contributed by atoms with E-state index in [9.17, 15) is 4.79 Å². The van der Waals surface area contributed by atoms with Gasteiger partial charge in [-0.15, -0.1) is 0 Å². The maximum atomic E-state index is 12.6. The number of rotatable bonds is 6. The van der Waals surface area contributed by atoms with E-state index in [-0.39, 0.29) is 11.0 Å². The number of ether oxygens (including phenoxy) is 1. The number of fused-ring (bicyclic) bond motifs is 1. The molecule has 33 heavy (non-hydrogen) atoms. The Morgan fingerprint density at radius 3 is 2.03 bits per heavy atom. The summed E-state index contributed by atoms with van der Waals surface area (Å²) in [7, 11) is -2.75. The minimum atomic E-state index is -2.75. The monoisotopic (exact) mass is 456 g/mol. The average Bonchev–Trinajstić information content (AvgIpc) is 2.82. The maximum absolute atomic E-state index is 12.6. The standard InChI is InChI=1S/C29H32O3Si/c1-5-31-28(30)26-20-12-19-25-24(26)18-13-21-27(25)32-33(29(2,3)4,22-14-8-6-9-15-22)23-16-10-7-11-17-23/h6-11,13-18,20-21H,5,12,19H2,1-4H3. The summed E-state index contributed by atoms with van der Waals surface area (Å²) >= 11 is 0. The van der Waals surface area contributed by atoms with Crippen molar-refractivity contribution in [2.75, 3.05) is 6.61 Å². The molecule has 3 aromatic carbocycles. The van der Waals surface area contributed by atoms with Crippen molar-refractivity contribution >= 4 is 30.2 Å². The first kappa shape index (κ1) is 23.1. The lowest BCUT2D eigenvalue weighted by molar-refractivity contribution is -0.136. The molecule has 0 heterocycles. The van der Waals surface area contributed by atoms with E-state index in [0.717, 1.165) is 29.7 Å². The van der Waals surface area contributed by atoms with Crippen molar-refractivity contribution in [3.63, 3.8) is 0 Å². The lowest BCUT2D eigenvalue weighted by Gasteiger charge is -2.43. The topological polar surface area (TPSA) is 35.5 Å². The van der Waals surface area contributed by atoms with Crippen LogP contribution in [0.1, 0.15) is 45.2 Å². The highest BCUT2D eigenvalue weighted by molar-refractivity contribution is 7.00. The fraction of sp³-hybridized carbons (Fsp3) is 0.276. The van der Waals surface area contributed by atoms with Gasteiger partial charge in [-0.3, -0.25) is 0 Å². The molecule has 0 bridgehead atoms. The van der Waals surface area contributed by atoms with Crippen LogP contribution in [0.3, 0.4) is 0 Å². The zero-order valence-electron chi connectivity index (χ0n) is 19.9. The SMILES string of the molecule is CCOC(=O)C1=CCCc2c(O[Si](c3ccccc3)(c3ccccc3)C(C)(C)C)cccc21. The van der Waals surface area contributed by atoms with Crippen molar-refractivity contribution in [3.05, 3.63) is 96.1 Å². The molecule has 0 amide bonds. The van der Waals surface area contributed by atoms with Crippen molar-refractivity contribution < 1.29 is 14.0 Å². The smallest absolute Gasteiger partial charge is 0.338 e. The minimum Gasteiger partial charge on any atom is -0.534 e. The third-order valence-corrected chi connectivity index (χ3v) is 11.3. The number of hydrogen-bond donors (Lipinski definition) is 0. The molecule has 0 unspecified atom stereocenters. The van der Waals surface area contributed by atoms with Crippen LogP contribution >= 0.6 is 0 Å². The lowest BCUT2D eigenvalue weighted by Crippen LogP contribution is -2.68. The van der Waals surface area contributed by atoms with Crippen LogP contribution in [0.5, 0.6) is 5.75 Å². The van der Waals surface area contributed by atoms with Crippen LogP contribution < -0.4 is 14.8 Å². The zero-order valence-corrected chi connectivity index (χ0v) is 20.9. The van der Waals surface area contributed by atoms with Gasteiger partial charge in [0.15, 0.2) is 0 Å². The summed E-state index contributed by atoms with van der Waals surface area (Å²) in [5.41, 5.74) is 2.66. The van der Waals surface area contributed by atoms with Gasteiger partial charge in [0.05, 0.1) is 12.2 Å². The number of hydrogen-bond acceptors (Lipinski definition) is 3. The summed E-state index contributed by atoms with van der Waals surface area (Å²) < 4.78 is 12.6. The molecule has 0 fully saturated rings. The van der Waals surface area contributed by atoms with Crippen molar-refractivity contribution in [2.24, 2.45) is 0 Å². The van der Waals surface area contributed by atoms with Gasteiger partial charge in [-0.2, -0.15) is 0 Å². The van der Waals surface area contributed by atoms with Crippen molar-refractivity contribution in [1.82, 2.24) is 0 Å². The molecule has 0 saturated carbocycles. The molecule has 3 nitrogen and oxygen atoms in total. The highest BCUT2D eigenvalue weighted by Crippen LogP contribution is 2.41. The van der Waals surface area contributed by atoms with E-state index in [2.05, 4.69) is 87.5 Å². The Kier molecular flexibility index (Phi) is 6.57. The Hall–Kier alpha value is -3.11. The van der Waals surface area contributed by atoms with Crippen molar-refractivity contribution in [3.8, 4) is 5.75 Å². The molecule has 0 N–H and O–H groups in total. The fourth-order valence-electron chi connectivity index (χ4n) is 4.86. The normalized spacial score (nSPS) is 13.6. The fourth-order valence-corrected chi connectivity index (χ4v) is 9.31. The first-order valence-corrected chi connectivity index (χ1v) is 13.6. The lowest BCUT2D eigenvalue weighted by atomic mass is 9.90. The molecule has 0 radical (unpaired) electrons. The first-order valence-electron chi connectivity index (χ1n) is 11.7. The second-order valence-electron chi connectivity index (χ2n) is 9.42. The number of carbonyl (C=O) groups excluding carboxylic acids is 1. The van der Waals surface area contributed by atoms with E-state index in [1.54, 1.807) is 0 Å². The van der Waals surface area contributed by atoms with E-state index >= 15 is 0 Å². The van der Waals surface area contributed by atoms with Crippen LogP contribution in [-0.2, 0) is 16.0 Å². The molecular formula is C29H32O3Si. The second kappa shape index (κ2) is 9.40. The van der Waals surface area contributed by atoms with Crippen molar-refractivity contribution in [1.29, 1.82) is 0 Å². The molecule has 4 rings (SSSR count). The number of benzene rings is 3. The van der Waals surface area contributed by atoms with Gasteiger partial charge in [-0.25, -0.2) is 4.79 Å². The van der Waals surface area contributed by atoms with Crippen LogP contribution in [-0.4, -0.2) is 20.9 Å². The number of allylic oxidation sites excluding steroid dienone is 1. The summed E-state index contributed by atoms with van der Waals surface area (Å²) in [5, 5.41) is 2.34. The van der Waals surface area contributed by atoms with Crippen LogP contribution in [0.4, 0.5) is 0 Å². The summed E-state index contributed by atoms with van der Waals surface area (Å²) in [6, 6.07) is 27.3. The molecule has 4 heteroatoms. The summed E-state index contributed by atoms with van der Waals surface area (Å²) in [6.45, 7) is 9.03. The van der Waals surface area contributed by atoms with Gasteiger partial charge in [-0.1, -0.05) is 99.6 Å². The Morgan fingerprint density at radius 2 is 1.48 bits per heavy atom. The van der Waals surface area contributed by atoms with Crippen molar-refractivity contribution in [2.45, 2.75) is 45.6 Å². The van der Waals surface area contributed by atoms with Crippen LogP contribution in [0, 0.1) is 0 Å². The second-order valence-corrected chi connectivity index (χ2v) is 13.6. The molecule has 1 aliphatic carbocycles. The third kappa shape index (κ3) is 4.28. The average molecular weight is 457 g/mol. The van der Waals surface area contributed by atoms with Gasteiger partial charge in [-0.05, 0) is 46.8 Å². The molecule has 0 atom stereocenters. The van der Waals surface area contributed by atoms with E-state index < -0.39 is 8.32 Å². The van der Waals surface area contributed by atoms with Gasteiger partial charge in [0, 0.05) is 5.56 Å². The Morgan fingerprint density at radius 1 is 0.879 bits per heavy atom. The molecule has 3 aromatic rings. The molecule has 170 valence electrons. The number of carbonyl (C=O) groups is 1. The number of esters is 1. The molecule has 0 saturated heterocycles. The first-order chi connectivity index (χ1) is 15.9. The highest BCUT2D eigenvalue weighted by atomic mass is 28.4. The molecular weight excluding hydrogens is 424 g/mol. The highest BCUT2D eigenvalue weighted by Gasteiger charge is 2.52. The van der Waals surface area contributed by atoms with Gasteiger partial charge >= 0.3 is 14.3 Å². The van der Waals surface area contributed by atoms with Gasteiger partial charge in [0.25, 0.3) is 0 Å². The Balaban J connectivity index is 1.90. The Labute approximate surface area is 198 Å². The molecule has 0 spiro atoms. The van der Waals surface area contributed by atoms with E-state index in [1.807, 2.05) is 25.1 Å². The van der Waals surface area contributed by atoms with Gasteiger partial charge < -0.3 is 9.16 Å². The Bertz CT molecular complexity index is 1100. The van der Waals surface area contributed by atoms with E-state index in [1.165, 1.54) is 10.4 Å². The minimum absolute atomic E-state index is 0.132. The zero-order chi connectivity index (χ0) is 23.5. The predicted molar refractivity (Wildman–Crippen MR) is 138 cm³/mol. The molecule has 0 aliphatic heterocycles. The molecule has 1 aliphatic rings. The van der Waals surface area contributed by atoms with E-state index in [4.69, 9.17) is 9.16 Å². The van der Waals surface area contributed by atoms with Crippen LogP contribution in [0.2, 0.25) is 5.04 Å².